The molecule has 15 heavy (non-hydrogen) atoms. The summed E-state index contributed by atoms with van der Waals surface area (Å²) in [4.78, 5) is 14.5. The zero-order valence-electron chi connectivity index (χ0n) is 8.65. The van der Waals surface area contributed by atoms with E-state index in [-0.39, 0.29) is 5.69 Å². The molecule has 78 valence electrons. The van der Waals surface area contributed by atoms with Crippen molar-refractivity contribution >= 4 is 5.69 Å². The summed E-state index contributed by atoms with van der Waals surface area (Å²) in [7, 11) is 0. The summed E-state index contributed by atoms with van der Waals surface area (Å²) in [5.41, 5.74) is 1.86. The summed E-state index contributed by atoms with van der Waals surface area (Å²) in [5, 5.41) is 19.2. The summed E-state index contributed by atoms with van der Waals surface area (Å²) in [6.45, 7) is 3.33. The Morgan fingerprint density at radius 3 is 2.80 bits per heavy atom. The van der Waals surface area contributed by atoms with E-state index in [4.69, 9.17) is 5.26 Å². The molecule has 1 rings (SSSR count). The van der Waals surface area contributed by atoms with Crippen LogP contribution in [0.2, 0.25) is 0 Å². The predicted molar refractivity (Wildman–Crippen MR) is 54.3 cm³/mol. The largest absolute Gasteiger partial charge is 0.278 e. The van der Waals surface area contributed by atoms with Gasteiger partial charge in [-0.15, -0.1) is 0 Å². The minimum absolute atomic E-state index is 0.109. The molecule has 0 amide bonds. The van der Waals surface area contributed by atoms with Gasteiger partial charge in [0.15, 0.2) is 0 Å². The highest BCUT2D eigenvalue weighted by molar-refractivity contribution is 5.47. The molecular formula is C10H11N3O2. The van der Waals surface area contributed by atoms with Gasteiger partial charge in [0.1, 0.15) is 0 Å². The predicted octanol–water partition coefficient (Wildman–Crippen LogP) is 2.06. The highest BCUT2D eigenvalue weighted by Crippen LogP contribution is 2.24. The summed E-state index contributed by atoms with van der Waals surface area (Å²) >= 11 is 0. The highest BCUT2D eigenvalue weighted by atomic mass is 16.6. The molecule has 0 aliphatic rings. The van der Waals surface area contributed by atoms with Crippen LogP contribution in [0.25, 0.3) is 0 Å². The van der Waals surface area contributed by atoms with E-state index >= 15 is 0 Å². The quantitative estimate of drug-likeness (QED) is 0.558. The standard InChI is InChI=1S/C10H11N3O2/c1-7-6-12-9(4-3-5-11)8(2)10(7)13(14)15/h6H,3-4H2,1-2H3. The second-order valence-corrected chi connectivity index (χ2v) is 3.28. The number of hydrogen-bond acceptors (Lipinski definition) is 4. The number of hydrogen-bond donors (Lipinski definition) is 0. The van der Waals surface area contributed by atoms with Crippen LogP contribution in [0, 0.1) is 35.3 Å². The van der Waals surface area contributed by atoms with Crippen molar-refractivity contribution in [1.82, 2.24) is 4.98 Å². The fourth-order valence-electron chi connectivity index (χ4n) is 1.47. The molecule has 0 atom stereocenters. The number of nitriles is 1. The van der Waals surface area contributed by atoms with Gasteiger partial charge in [0.2, 0.25) is 0 Å². The second-order valence-electron chi connectivity index (χ2n) is 3.28. The third kappa shape index (κ3) is 2.29. The van der Waals surface area contributed by atoms with Crippen LogP contribution < -0.4 is 0 Å². The van der Waals surface area contributed by atoms with Crippen LogP contribution in [0.4, 0.5) is 5.69 Å². The maximum absolute atomic E-state index is 10.8. The Kier molecular flexibility index (Phi) is 3.34. The molecule has 5 nitrogen and oxygen atoms in total. The molecule has 0 spiro atoms. The van der Waals surface area contributed by atoms with Crippen LogP contribution in [-0.4, -0.2) is 9.91 Å². The summed E-state index contributed by atoms with van der Waals surface area (Å²) < 4.78 is 0. The number of aryl methyl sites for hydroxylation is 2. The first-order chi connectivity index (χ1) is 7.07. The molecule has 1 heterocycles. The molecule has 1 aromatic heterocycles. The van der Waals surface area contributed by atoms with Crippen LogP contribution >= 0.6 is 0 Å². The smallest absolute Gasteiger partial charge is 0.260 e. The van der Waals surface area contributed by atoms with Crippen molar-refractivity contribution < 1.29 is 4.92 Å². The maximum atomic E-state index is 10.8. The van der Waals surface area contributed by atoms with Crippen molar-refractivity contribution in [3.63, 3.8) is 0 Å². The molecule has 0 saturated carbocycles. The van der Waals surface area contributed by atoms with Crippen LogP contribution in [0.3, 0.4) is 0 Å². The van der Waals surface area contributed by atoms with E-state index in [1.165, 1.54) is 6.20 Å². The van der Waals surface area contributed by atoms with Gasteiger partial charge in [0, 0.05) is 30.2 Å². The average Bonchev–Trinajstić information content (AvgIpc) is 2.16. The Hall–Kier alpha value is -1.96. The van der Waals surface area contributed by atoms with Crippen LogP contribution in [0.15, 0.2) is 6.20 Å². The van der Waals surface area contributed by atoms with Gasteiger partial charge in [-0.05, 0) is 13.8 Å². The topological polar surface area (TPSA) is 79.8 Å². The summed E-state index contributed by atoms with van der Waals surface area (Å²) in [6, 6.07) is 2.00. The van der Waals surface area contributed by atoms with Gasteiger partial charge in [-0.3, -0.25) is 15.1 Å². The molecular weight excluding hydrogens is 194 g/mol. The number of aromatic nitrogens is 1. The molecule has 0 aromatic carbocycles. The first kappa shape index (κ1) is 11.1. The van der Waals surface area contributed by atoms with Gasteiger partial charge in [0.05, 0.1) is 16.7 Å². The first-order valence-corrected chi connectivity index (χ1v) is 4.54. The van der Waals surface area contributed by atoms with Crippen molar-refractivity contribution in [3.8, 4) is 6.07 Å². The van der Waals surface area contributed by atoms with Crippen LogP contribution in [0.1, 0.15) is 23.2 Å². The van der Waals surface area contributed by atoms with Crippen molar-refractivity contribution in [1.29, 1.82) is 5.26 Å². The normalized spacial score (nSPS) is 9.67. The number of rotatable bonds is 3. The van der Waals surface area contributed by atoms with E-state index in [2.05, 4.69) is 4.98 Å². The molecule has 0 saturated heterocycles. The molecule has 0 N–H and O–H groups in total. The van der Waals surface area contributed by atoms with Gasteiger partial charge < -0.3 is 0 Å². The molecule has 5 heteroatoms. The zero-order valence-corrected chi connectivity index (χ0v) is 8.65. The van der Waals surface area contributed by atoms with Gasteiger partial charge in [-0.25, -0.2) is 0 Å². The monoisotopic (exact) mass is 205 g/mol. The Bertz CT molecular complexity index is 435. The van der Waals surface area contributed by atoms with Crippen molar-refractivity contribution in [3.05, 3.63) is 33.1 Å². The van der Waals surface area contributed by atoms with E-state index in [0.29, 0.717) is 29.7 Å². The molecule has 0 aliphatic carbocycles. The lowest BCUT2D eigenvalue weighted by atomic mass is 10.1. The molecule has 0 fully saturated rings. The van der Waals surface area contributed by atoms with E-state index in [1.807, 2.05) is 6.07 Å². The average molecular weight is 205 g/mol. The van der Waals surface area contributed by atoms with Crippen molar-refractivity contribution in [2.45, 2.75) is 26.7 Å². The van der Waals surface area contributed by atoms with Crippen molar-refractivity contribution in [2.75, 3.05) is 0 Å². The zero-order chi connectivity index (χ0) is 11.4. The SMILES string of the molecule is Cc1cnc(CCC#N)c(C)c1[N+](=O)[O-]. The van der Waals surface area contributed by atoms with Gasteiger partial charge >= 0.3 is 0 Å². The lowest BCUT2D eigenvalue weighted by Crippen LogP contribution is -2.02. The molecule has 0 aliphatic heterocycles. The number of pyridine rings is 1. The summed E-state index contributed by atoms with van der Waals surface area (Å²) in [6.07, 6.45) is 2.27. The molecule has 1 aromatic rings. The first-order valence-electron chi connectivity index (χ1n) is 4.54. The minimum atomic E-state index is -0.401. The van der Waals surface area contributed by atoms with E-state index in [9.17, 15) is 10.1 Å². The Morgan fingerprint density at radius 2 is 2.27 bits per heavy atom. The van der Waals surface area contributed by atoms with Crippen LogP contribution in [0.5, 0.6) is 0 Å². The Morgan fingerprint density at radius 1 is 1.60 bits per heavy atom. The Balaban J connectivity index is 3.17. The fraction of sp³-hybridized carbons (Fsp3) is 0.400. The third-order valence-corrected chi connectivity index (χ3v) is 2.23. The van der Waals surface area contributed by atoms with Gasteiger partial charge in [-0.1, -0.05) is 0 Å². The maximum Gasteiger partial charge on any atom is 0.278 e. The van der Waals surface area contributed by atoms with E-state index in [1.54, 1.807) is 13.8 Å². The van der Waals surface area contributed by atoms with E-state index < -0.39 is 4.92 Å². The lowest BCUT2D eigenvalue weighted by molar-refractivity contribution is -0.386. The minimum Gasteiger partial charge on any atom is -0.260 e. The fourth-order valence-corrected chi connectivity index (χ4v) is 1.47. The van der Waals surface area contributed by atoms with Gasteiger partial charge in [-0.2, -0.15) is 5.26 Å². The van der Waals surface area contributed by atoms with E-state index in [0.717, 1.165) is 0 Å². The second kappa shape index (κ2) is 4.51. The lowest BCUT2D eigenvalue weighted by Gasteiger charge is -2.05. The van der Waals surface area contributed by atoms with Gasteiger partial charge in [0.25, 0.3) is 5.69 Å². The summed E-state index contributed by atoms with van der Waals surface area (Å²) in [5.74, 6) is 0. The van der Waals surface area contributed by atoms with Crippen molar-refractivity contribution in [2.24, 2.45) is 0 Å². The molecule has 0 bridgehead atoms. The third-order valence-electron chi connectivity index (χ3n) is 2.23. The Labute approximate surface area is 87.5 Å². The highest BCUT2D eigenvalue weighted by Gasteiger charge is 2.17. The number of nitrogens with zero attached hydrogens (tertiary/aromatic N) is 3. The molecule has 0 radical (unpaired) electrons. The number of nitro groups is 1. The molecule has 0 unspecified atom stereocenters. The van der Waals surface area contributed by atoms with Crippen LogP contribution in [-0.2, 0) is 6.42 Å².